The Morgan fingerprint density at radius 3 is 2.43 bits per heavy atom. The van der Waals surface area contributed by atoms with Gasteiger partial charge in [-0.15, -0.1) is 11.8 Å². The fourth-order valence-electron chi connectivity index (χ4n) is 3.16. The highest BCUT2D eigenvalue weighted by Gasteiger charge is 2.39. The van der Waals surface area contributed by atoms with Gasteiger partial charge < -0.3 is 15.2 Å². The van der Waals surface area contributed by atoms with Crippen LogP contribution < -0.4 is 10.1 Å². The van der Waals surface area contributed by atoms with Crippen LogP contribution in [-0.2, 0) is 20.9 Å². The predicted molar refractivity (Wildman–Crippen MR) is 116 cm³/mol. The Hall–Kier alpha value is -3.10. The number of aliphatic hydroxyl groups excluding tert-OH is 1. The van der Waals surface area contributed by atoms with Crippen molar-refractivity contribution in [2.75, 3.05) is 24.8 Å². The number of amides is 3. The van der Waals surface area contributed by atoms with Crippen molar-refractivity contribution in [3.05, 3.63) is 64.6 Å². The number of methoxy groups -OCH3 is 1. The minimum Gasteiger partial charge on any atom is -0.496 e. The molecule has 0 bridgehead atoms. The Kier molecular flexibility index (Phi) is 6.91. The quantitative estimate of drug-likeness (QED) is 0.630. The SMILES string of the molecule is COc1ccccc1CN1C(=O)C(SCCO)=C(c2ccc(NC(C)=O)cc2)C1=O. The van der Waals surface area contributed by atoms with E-state index in [1.165, 1.54) is 18.9 Å². The molecule has 30 heavy (non-hydrogen) atoms. The largest absolute Gasteiger partial charge is 0.496 e. The Morgan fingerprint density at radius 1 is 1.10 bits per heavy atom. The molecule has 1 heterocycles. The number of thioether (sulfide) groups is 1. The Balaban J connectivity index is 1.94. The Bertz CT molecular complexity index is 1000. The highest BCUT2D eigenvalue weighted by Crippen LogP contribution is 2.37. The van der Waals surface area contributed by atoms with Gasteiger partial charge in [0.1, 0.15) is 5.75 Å². The number of carbonyl (C=O) groups is 3. The van der Waals surface area contributed by atoms with Gasteiger partial charge in [-0.25, -0.2) is 0 Å². The summed E-state index contributed by atoms with van der Waals surface area (Å²) < 4.78 is 5.34. The molecule has 156 valence electrons. The second kappa shape index (κ2) is 9.60. The first-order valence-electron chi connectivity index (χ1n) is 9.30. The summed E-state index contributed by atoms with van der Waals surface area (Å²) in [4.78, 5) is 39.0. The number of aliphatic hydroxyl groups is 1. The number of ether oxygens (including phenoxy) is 1. The summed E-state index contributed by atoms with van der Waals surface area (Å²) in [5.74, 6) is -0.111. The number of nitrogens with one attached hydrogen (secondary N) is 1. The van der Waals surface area contributed by atoms with Crippen LogP contribution in [0.5, 0.6) is 5.75 Å². The van der Waals surface area contributed by atoms with E-state index in [1.807, 2.05) is 12.1 Å². The molecule has 0 spiro atoms. The van der Waals surface area contributed by atoms with Gasteiger partial charge in [0.15, 0.2) is 0 Å². The van der Waals surface area contributed by atoms with Crippen LogP contribution in [0, 0.1) is 0 Å². The Labute approximate surface area is 178 Å². The first kappa shape index (κ1) is 21.6. The molecule has 3 amide bonds. The second-order valence-corrected chi connectivity index (χ2v) is 7.65. The van der Waals surface area contributed by atoms with E-state index in [1.54, 1.807) is 36.4 Å². The van der Waals surface area contributed by atoms with Crippen LogP contribution in [0.1, 0.15) is 18.1 Å². The molecule has 0 saturated heterocycles. The normalized spacial score (nSPS) is 13.8. The van der Waals surface area contributed by atoms with Gasteiger partial charge in [0.25, 0.3) is 11.8 Å². The van der Waals surface area contributed by atoms with Crippen LogP contribution in [0.4, 0.5) is 5.69 Å². The fourth-order valence-corrected chi connectivity index (χ4v) is 4.04. The maximum atomic E-state index is 13.2. The zero-order valence-corrected chi connectivity index (χ0v) is 17.5. The fraction of sp³-hybridized carbons (Fsp3) is 0.227. The molecule has 0 unspecified atom stereocenters. The van der Waals surface area contributed by atoms with Crippen LogP contribution in [0.15, 0.2) is 53.4 Å². The summed E-state index contributed by atoms with van der Waals surface area (Å²) in [5, 5.41) is 11.9. The van der Waals surface area contributed by atoms with E-state index in [4.69, 9.17) is 4.74 Å². The Morgan fingerprint density at radius 2 is 1.80 bits per heavy atom. The molecule has 0 saturated carbocycles. The zero-order valence-electron chi connectivity index (χ0n) is 16.7. The highest BCUT2D eigenvalue weighted by molar-refractivity contribution is 8.04. The maximum absolute atomic E-state index is 13.2. The minimum atomic E-state index is -0.404. The molecule has 8 heteroatoms. The molecule has 2 N–H and O–H groups in total. The van der Waals surface area contributed by atoms with Gasteiger partial charge in [0.2, 0.25) is 5.91 Å². The summed E-state index contributed by atoms with van der Waals surface area (Å²) in [5.41, 5.74) is 2.18. The molecule has 7 nitrogen and oxygen atoms in total. The third kappa shape index (κ3) is 4.55. The summed E-state index contributed by atoms with van der Waals surface area (Å²) in [6.07, 6.45) is 0. The van der Waals surface area contributed by atoms with Crippen molar-refractivity contribution >= 4 is 40.7 Å². The van der Waals surface area contributed by atoms with E-state index in [0.717, 1.165) is 17.3 Å². The van der Waals surface area contributed by atoms with Gasteiger partial charge in [-0.05, 0) is 23.8 Å². The molecular weight excluding hydrogens is 404 g/mol. The van der Waals surface area contributed by atoms with Crippen molar-refractivity contribution in [3.63, 3.8) is 0 Å². The number of hydrogen-bond acceptors (Lipinski definition) is 6. The van der Waals surface area contributed by atoms with Gasteiger partial charge in [0, 0.05) is 23.9 Å². The first-order chi connectivity index (χ1) is 14.5. The summed E-state index contributed by atoms with van der Waals surface area (Å²) in [6.45, 7) is 1.38. The number of imide groups is 1. The maximum Gasteiger partial charge on any atom is 0.268 e. The number of anilines is 1. The standard InChI is InChI=1S/C22H22N2O5S/c1-14(26)23-17-9-7-15(8-10-17)19-20(30-12-11-25)22(28)24(21(19)27)13-16-5-3-4-6-18(16)29-2/h3-10,25H,11-13H2,1-2H3,(H,23,26). The van der Waals surface area contributed by atoms with E-state index in [9.17, 15) is 19.5 Å². The number of para-hydroxylation sites is 1. The lowest BCUT2D eigenvalue weighted by Gasteiger charge is -2.17. The summed E-state index contributed by atoms with van der Waals surface area (Å²) in [7, 11) is 1.54. The average molecular weight is 426 g/mol. The third-order valence-corrected chi connectivity index (χ3v) is 5.53. The van der Waals surface area contributed by atoms with Crippen molar-refractivity contribution in [2.24, 2.45) is 0 Å². The van der Waals surface area contributed by atoms with E-state index < -0.39 is 11.8 Å². The third-order valence-electron chi connectivity index (χ3n) is 4.48. The van der Waals surface area contributed by atoms with Crippen molar-refractivity contribution in [1.29, 1.82) is 0 Å². The van der Waals surface area contributed by atoms with Crippen LogP contribution in [0.2, 0.25) is 0 Å². The van der Waals surface area contributed by atoms with E-state index >= 15 is 0 Å². The molecule has 0 aliphatic carbocycles. The molecule has 0 aromatic heterocycles. The number of carbonyl (C=O) groups excluding carboxylic acids is 3. The second-order valence-electron chi connectivity index (χ2n) is 6.54. The molecule has 0 atom stereocenters. The number of benzene rings is 2. The molecule has 3 rings (SSSR count). The minimum absolute atomic E-state index is 0.0817. The predicted octanol–water partition coefficient (Wildman–Crippen LogP) is 2.66. The van der Waals surface area contributed by atoms with Crippen molar-refractivity contribution in [1.82, 2.24) is 4.90 Å². The van der Waals surface area contributed by atoms with E-state index in [-0.39, 0.29) is 19.1 Å². The molecule has 2 aromatic carbocycles. The van der Waals surface area contributed by atoms with Gasteiger partial charge >= 0.3 is 0 Å². The number of rotatable bonds is 8. The van der Waals surface area contributed by atoms with Gasteiger partial charge in [-0.1, -0.05) is 30.3 Å². The van der Waals surface area contributed by atoms with Gasteiger partial charge in [-0.3, -0.25) is 19.3 Å². The first-order valence-corrected chi connectivity index (χ1v) is 10.3. The monoisotopic (exact) mass is 426 g/mol. The molecule has 1 aliphatic heterocycles. The highest BCUT2D eigenvalue weighted by atomic mass is 32.2. The number of nitrogens with zero attached hydrogens (tertiary/aromatic N) is 1. The van der Waals surface area contributed by atoms with Crippen LogP contribution in [0.25, 0.3) is 5.57 Å². The van der Waals surface area contributed by atoms with Gasteiger partial charge in [-0.2, -0.15) is 0 Å². The van der Waals surface area contributed by atoms with Crippen LogP contribution in [-0.4, -0.2) is 47.2 Å². The van der Waals surface area contributed by atoms with Crippen molar-refractivity contribution in [2.45, 2.75) is 13.5 Å². The number of hydrogen-bond donors (Lipinski definition) is 2. The summed E-state index contributed by atoms with van der Waals surface area (Å²) in [6, 6.07) is 14.0. The molecular formula is C22H22N2O5S. The average Bonchev–Trinajstić information content (AvgIpc) is 2.97. The molecule has 0 fully saturated rings. The lowest BCUT2D eigenvalue weighted by molar-refractivity contribution is -0.137. The topological polar surface area (TPSA) is 95.9 Å². The van der Waals surface area contributed by atoms with Crippen molar-refractivity contribution in [3.8, 4) is 5.75 Å². The van der Waals surface area contributed by atoms with E-state index in [2.05, 4.69) is 5.32 Å². The lowest BCUT2D eigenvalue weighted by Crippen LogP contribution is -2.31. The van der Waals surface area contributed by atoms with E-state index in [0.29, 0.717) is 33.2 Å². The molecule has 2 aromatic rings. The zero-order chi connectivity index (χ0) is 21.7. The van der Waals surface area contributed by atoms with Crippen LogP contribution >= 0.6 is 11.8 Å². The van der Waals surface area contributed by atoms with Crippen LogP contribution in [0.3, 0.4) is 0 Å². The molecule has 1 aliphatic rings. The summed E-state index contributed by atoms with van der Waals surface area (Å²) >= 11 is 1.15. The molecule has 0 radical (unpaired) electrons. The lowest BCUT2D eigenvalue weighted by atomic mass is 10.1. The van der Waals surface area contributed by atoms with Gasteiger partial charge in [0.05, 0.1) is 30.7 Å². The smallest absolute Gasteiger partial charge is 0.268 e. The van der Waals surface area contributed by atoms with Crippen molar-refractivity contribution < 1.29 is 24.2 Å².